The van der Waals surface area contributed by atoms with Gasteiger partial charge in [0, 0.05) is 26.2 Å². The normalized spacial score (nSPS) is 18.4. The van der Waals surface area contributed by atoms with Crippen molar-refractivity contribution in [2.75, 3.05) is 33.4 Å². The van der Waals surface area contributed by atoms with Crippen LogP contribution in [0.25, 0.3) is 11.1 Å². The molecule has 9 heteroatoms. The van der Waals surface area contributed by atoms with Crippen molar-refractivity contribution in [3.8, 4) is 16.9 Å². The topological polar surface area (TPSA) is 101 Å². The van der Waals surface area contributed by atoms with Crippen molar-refractivity contribution < 1.29 is 34.3 Å². The summed E-state index contributed by atoms with van der Waals surface area (Å²) in [4.78, 5) is 19.9. The molecule has 1 saturated heterocycles. The van der Waals surface area contributed by atoms with Crippen LogP contribution in [0.3, 0.4) is 0 Å². The summed E-state index contributed by atoms with van der Waals surface area (Å²) in [6.45, 7) is 2.24. The molecule has 0 spiro atoms. The van der Waals surface area contributed by atoms with Crippen LogP contribution in [0.4, 0.5) is 4.79 Å². The van der Waals surface area contributed by atoms with Gasteiger partial charge in [-0.15, -0.1) is 0 Å². The minimum atomic E-state index is -0.444. The van der Waals surface area contributed by atoms with Crippen molar-refractivity contribution in [3.63, 3.8) is 0 Å². The molecular weight excluding hydrogens is 620 g/mol. The van der Waals surface area contributed by atoms with Crippen molar-refractivity contribution in [2.45, 2.75) is 57.2 Å². The first-order valence-corrected chi connectivity index (χ1v) is 17.1. The number of piperidine rings is 1. The number of carbonyl (C=O) groups excluding carboxylic acids is 1. The monoisotopic (exact) mass is 666 g/mol. The molecule has 1 saturated carbocycles. The average molecular weight is 667 g/mol. The minimum Gasteiger partial charge on any atom is -0.410 e. The summed E-state index contributed by atoms with van der Waals surface area (Å²) < 4.78 is 18.0. The highest BCUT2D eigenvalue weighted by Crippen LogP contribution is 2.50. The predicted octanol–water partition coefficient (Wildman–Crippen LogP) is 7.84. The number of aryl methyl sites for hydroxylation is 1. The Bertz CT molecular complexity index is 1660. The van der Waals surface area contributed by atoms with Crippen molar-refractivity contribution in [2.24, 2.45) is 5.41 Å². The van der Waals surface area contributed by atoms with Crippen LogP contribution >= 0.6 is 0 Å². The van der Waals surface area contributed by atoms with Gasteiger partial charge in [-0.05, 0) is 89.5 Å². The van der Waals surface area contributed by atoms with Crippen molar-refractivity contribution in [3.05, 3.63) is 125 Å². The lowest BCUT2D eigenvalue weighted by Gasteiger charge is -2.39. The standard InChI is InChI=1S/C40H46N2O7/c1-46-23-9-17-32-13-5-6-14-35(32)26-40(20-21-40)29-47-38-27-41(39(43)49-36-18-7-10-30(24-36)28-48-42(44)45)22-19-37(38)34-16-8-15-33(25-34)31-11-3-2-4-12-31/h2-8,10-16,18,24-25,37-38,44-45H,9,17,19-23,26-29H2,1H3/t37-,38?/m1/s1. The summed E-state index contributed by atoms with van der Waals surface area (Å²) in [7, 11) is 1.75. The van der Waals surface area contributed by atoms with E-state index in [1.54, 1.807) is 36.3 Å². The Morgan fingerprint density at radius 3 is 2.43 bits per heavy atom. The van der Waals surface area contributed by atoms with Gasteiger partial charge in [0.1, 0.15) is 5.75 Å². The van der Waals surface area contributed by atoms with Gasteiger partial charge < -0.3 is 19.1 Å². The Kier molecular flexibility index (Phi) is 11.7. The number of nitrogens with zero attached hydrogens (tertiary/aromatic N) is 2. The zero-order valence-electron chi connectivity index (χ0n) is 28.1. The number of ether oxygens (including phenoxy) is 3. The summed E-state index contributed by atoms with van der Waals surface area (Å²) in [6, 6.07) is 34.6. The third-order valence-corrected chi connectivity index (χ3v) is 9.73. The van der Waals surface area contributed by atoms with Gasteiger partial charge in [-0.1, -0.05) is 91.0 Å². The number of methoxy groups -OCH3 is 1. The fourth-order valence-corrected chi connectivity index (χ4v) is 6.83. The fraction of sp³-hybridized carbons (Fsp3) is 0.375. The molecule has 1 heterocycles. The molecule has 2 N–H and O–H groups in total. The van der Waals surface area contributed by atoms with Crippen molar-refractivity contribution in [1.29, 1.82) is 0 Å². The van der Waals surface area contributed by atoms with Crippen LogP contribution in [-0.2, 0) is 33.8 Å². The highest BCUT2D eigenvalue weighted by molar-refractivity contribution is 5.71. The summed E-state index contributed by atoms with van der Waals surface area (Å²) in [6.07, 6.45) is 5.31. The molecule has 0 bridgehead atoms. The van der Waals surface area contributed by atoms with Gasteiger partial charge >= 0.3 is 6.09 Å². The van der Waals surface area contributed by atoms with E-state index in [2.05, 4.69) is 72.8 Å². The Labute approximate surface area is 288 Å². The maximum absolute atomic E-state index is 13.5. The zero-order chi connectivity index (χ0) is 34.1. The van der Waals surface area contributed by atoms with Crippen LogP contribution in [-0.4, -0.2) is 66.3 Å². The van der Waals surface area contributed by atoms with Crippen LogP contribution in [0.1, 0.15) is 53.9 Å². The molecule has 258 valence electrons. The van der Waals surface area contributed by atoms with Gasteiger partial charge in [0.2, 0.25) is 0 Å². The first-order valence-electron chi connectivity index (χ1n) is 17.1. The van der Waals surface area contributed by atoms with E-state index in [0.717, 1.165) is 50.7 Å². The van der Waals surface area contributed by atoms with Gasteiger partial charge in [0.05, 0.1) is 31.3 Å². The highest BCUT2D eigenvalue weighted by atomic mass is 17.1. The number of likely N-dealkylation sites (tertiary alicyclic amines) is 1. The molecule has 0 radical (unpaired) electrons. The van der Waals surface area contributed by atoms with Crippen LogP contribution in [0.15, 0.2) is 103 Å². The number of carbonyl (C=O) groups is 1. The molecule has 6 rings (SSSR count). The number of hydrogen-bond acceptors (Lipinski definition) is 8. The van der Waals surface area contributed by atoms with E-state index >= 15 is 0 Å². The van der Waals surface area contributed by atoms with Crippen LogP contribution in [0.2, 0.25) is 0 Å². The smallest absolute Gasteiger partial charge is 0.410 e. The lowest BCUT2D eigenvalue weighted by molar-refractivity contribution is -0.497. The number of hydrogen-bond donors (Lipinski definition) is 2. The Morgan fingerprint density at radius 1 is 0.898 bits per heavy atom. The second-order valence-corrected chi connectivity index (χ2v) is 13.3. The van der Waals surface area contributed by atoms with Crippen LogP contribution < -0.4 is 4.74 Å². The first kappa shape index (κ1) is 34.8. The van der Waals surface area contributed by atoms with Gasteiger partial charge in [0.25, 0.3) is 0 Å². The van der Waals surface area contributed by atoms with E-state index in [4.69, 9.17) is 29.5 Å². The van der Waals surface area contributed by atoms with E-state index in [9.17, 15) is 4.79 Å². The molecule has 1 aliphatic heterocycles. The fourth-order valence-electron chi connectivity index (χ4n) is 6.83. The van der Waals surface area contributed by atoms with Gasteiger partial charge in [-0.25, -0.2) is 9.63 Å². The molecule has 2 fully saturated rings. The minimum absolute atomic E-state index is 0.0951. The second-order valence-electron chi connectivity index (χ2n) is 13.3. The van der Waals surface area contributed by atoms with Gasteiger partial charge in [-0.3, -0.25) is 10.4 Å². The van der Waals surface area contributed by atoms with Gasteiger partial charge in [0.15, 0.2) is 0 Å². The molecule has 1 unspecified atom stereocenters. The Morgan fingerprint density at radius 2 is 1.65 bits per heavy atom. The molecule has 1 amide bonds. The van der Waals surface area contributed by atoms with Crippen molar-refractivity contribution in [1.82, 2.24) is 10.3 Å². The molecule has 1 aliphatic carbocycles. The third kappa shape index (κ3) is 9.54. The number of amides is 1. The summed E-state index contributed by atoms with van der Waals surface area (Å²) in [5, 5.41) is 17.4. The maximum atomic E-state index is 13.5. The summed E-state index contributed by atoms with van der Waals surface area (Å²) in [5.74, 6) is 0.468. The Hall–Kier alpha value is -4.09. The van der Waals surface area contributed by atoms with E-state index in [-0.39, 0.29) is 29.4 Å². The highest BCUT2D eigenvalue weighted by Gasteiger charge is 2.45. The molecule has 9 nitrogen and oxygen atoms in total. The quantitative estimate of drug-likeness (QED) is 0.0978. The predicted molar refractivity (Wildman–Crippen MR) is 185 cm³/mol. The largest absolute Gasteiger partial charge is 0.415 e. The SMILES string of the molecule is COCCCc1ccccc1CC1(COC2CN(C(=O)Oc3cccc(CON(O)O)c3)CC[C@@H]2c2cccc(-c3ccccc3)c2)CC1. The average Bonchev–Trinajstić information content (AvgIpc) is 3.90. The molecule has 4 aromatic rings. The molecular formula is C40H46N2O7. The molecule has 4 aromatic carbocycles. The molecule has 2 aliphatic rings. The number of benzene rings is 4. The molecule has 0 aromatic heterocycles. The van der Waals surface area contributed by atoms with Gasteiger partial charge in [-0.2, -0.15) is 0 Å². The van der Waals surface area contributed by atoms with E-state index in [1.807, 2.05) is 6.07 Å². The van der Waals surface area contributed by atoms with Crippen LogP contribution in [0.5, 0.6) is 5.75 Å². The van der Waals surface area contributed by atoms with Crippen LogP contribution in [0, 0.1) is 5.41 Å². The molecule has 2 atom stereocenters. The van der Waals surface area contributed by atoms with Crippen molar-refractivity contribution >= 4 is 6.09 Å². The zero-order valence-corrected chi connectivity index (χ0v) is 28.1. The first-order chi connectivity index (χ1) is 23.9. The third-order valence-electron chi connectivity index (χ3n) is 9.73. The van der Waals surface area contributed by atoms with E-state index in [1.165, 1.54) is 22.3 Å². The lowest BCUT2D eigenvalue weighted by atomic mass is 9.85. The number of rotatable bonds is 15. The summed E-state index contributed by atoms with van der Waals surface area (Å²) in [5.41, 5.74) is 7.03. The molecule has 49 heavy (non-hydrogen) atoms. The van der Waals surface area contributed by atoms with E-state index in [0.29, 0.717) is 31.0 Å². The Balaban J connectivity index is 1.18. The van der Waals surface area contributed by atoms with E-state index < -0.39 is 6.09 Å². The lowest BCUT2D eigenvalue weighted by Crippen LogP contribution is -2.48. The summed E-state index contributed by atoms with van der Waals surface area (Å²) >= 11 is 0. The second kappa shape index (κ2) is 16.5. The maximum Gasteiger partial charge on any atom is 0.415 e.